The molecule has 114 valence electrons. The maximum Gasteiger partial charge on any atom is 0.133 e. The molecule has 0 heterocycles. The number of azo groups is 1. The van der Waals surface area contributed by atoms with Gasteiger partial charge in [-0.15, -0.1) is 0 Å². The predicted molar refractivity (Wildman–Crippen MR) is 87.4 cm³/mol. The Morgan fingerprint density at radius 3 is 2.48 bits per heavy atom. The highest BCUT2D eigenvalue weighted by molar-refractivity contribution is 5.78. The monoisotopic (exact) mass is 286 g/mol. The van der Waals surface area contributed by atoms with Crippen LogP contribution in [0.4, 0.5) is 0 Å². The molecule has 1 aromatic rings. The van der Waals surface area contributed by atoms with Crippen molar-refractivity contribution in [3.05, 3.63) is 48.7 Å². The zero-order valence-electron chi connectivity index (χ0n) is 12.8. The van der Waals surface area contributed by atoms with E-state index in [-0.39, 0.29) is 0 Å². The molecule has 0 spiro atoms. The van der Waals surface area contributed by atoms with E-state index >= 15 is 0 Å². The van der Waals surface area contributed by atoms with Crippen LogP contribution in [0.3, 0.4) is 0 Å². The number of nitrogens with zero attached hydrogens (tertiary/aromatic N) is 2. The summed E-state index contributed by atoms with van der Waals surface area (Å²) in [5.41, 5.74) is 1.25. The number of ketones is 1. The zero-order chi connectivity index (χ0) is 15.2. The fourth-order valence-electron chi connectivity index (χ4n) is 2.20. The Labute approximate surface area is 128 Å². The van der Waals surface area contributed by atoms with E-state index < -0.39 is 0 Å². The summed E-state index contributed by atoms with van der Waals surface area (Å²) >= 11 is 0. The van der Waals surface area contributed by atoms with E-state index in [1.54, 1.807) is 0 Å². The fourth-order valence-corrected chi connectivity index (χ4v) is 2.20. The summed E-state index contributed by atoms with van der Waals surface area (Å²) in [7, 11) is 0. The lowest BCUT2D eigenvalue weighted by Gasteiger charge is -2.02. The lowest BCUT2D eigenvalue weighted by molar-refractivity contribution is -0.119. The van der Waals surface area contributed by atoms with E-state index in [4.69, 9.17) is 0 Å². The van der Waals surface area contributed by atoms with Crippen molar-refractivity contribution >= 4 is 5.78 Å². The molecular weight excluding hydrogens is 260 g/mol. The van der Waals surface area contributed by atoms with Crippen molar-refractivity contribution in [2.45, 2.75) is 51.4 Å². The number of Topliss-reactive ketones (excluding diaryl/α,β-unsaturated/α-hetero) is 1. The van der Waals surface area contributed by atoms with E-state index in [0.29, 0.717) is 12.2 Å². The molecule has 0 bridgehead atoms. The second-order valence-electron chi connectivity index (χ2n) is 5.21. The van der Waals surface area contributed by atoms with Gasteiger partial charge in [-0.25, -0.2) is 0 Å². The van der Waals surface area contributed by atoms with Gasteiger partial charge in [-0.1, -0.05) is 56.2 Å². The standard InChI is InChI=1S/C18H26N2O/c1-2-19-20-16-10-5-3-4-9-13-18(21)15-14-17-11-7-6-8-12-17/h2,6-8,11-12H,1,3-5,9-10,13-16H2. The van der Waals surface area contributed by atoms with Crippen molar-refractivity contribution in [2.75, 3.05) is 6.54 Å². The average Bonchev–Trinajstić information content (AvgIpc) is 2.52. The number of hydrogen-bond donors (Lipinski definition) is 0. The molecule has 3 nitrogen and oxygen atoms in total. The van der Waals surface area contributed by atoms with E-state index in [9.17, 15) is 4.79 Å². The summed E-state index contributed by atoms with van der Waals surface area (Å²) in [5.74, 6) is 0.388. The smallest absolute Gasteiger partial charge is 0.133 e. The van der Waals surface area contributed by atoms with Crippen LogP contribution in [0.15, 0.2) is 53.3 Å². The van der Waals surface area contributed by atoms with Crippen LogP contribution in [-0.2, 0) is 11.2 Å². The summed E-state index contributed by atoms with van der Waals surface area (Å²) in [6, 6.07) is 10.2. The van der Waals surface area contributed by atoms with Crippen LogP contribution < -0.4 is 0 Å². The van der Waals surface area contributed by atoms with Gasteiger partial charge in [0.15, 0.2) is 0 Å². The molecule has 0 saturated heterocycles. The first-order valence-electron chi connectivity index (χ1n) is 7.86. The topological polar surface area (TPSA) is 41.8 Å². The fraction of sp³-hybridized carbons (Fsp3) is 0.500. The van der Waals surface area contributed by atoms with Crippen LogP contribution in [0, 0.1) is 0 Å². The Kier molecular flexibility index (Phi) is 9.88. The van der Waals surface area contributed by atoms with Crippen molar-refractivity contribution in [2.24, 2.45) is 10.2 Å². The molecule has 1 aromatic carbocycles. The summed E-state index contributed by atoms with van der Waals surface area (Å²) in [6.07, 6.45) is 9.28. The molecule has 0 amide bonds. The molecule has 3 heteroatoms. The average molecular weight is 286 g/mol. The molecule has 0 atom stereocenters. The maximum atomic E-state index is 11.8. The van der Waals surface area contributed by atoms with E-state index in [0.717, 1.165) is 45.1 Å². The van der Waals surface area contributed by atoms with Crippen LogP contribution in [0.2, 0.25) is 0 Å². The molecule has 0 aliphatic rings. The largest absolute Gasteiger partial charge is 0.300 e. The van der Waals surface area contributed by atoms with Gasteiger partial charge in [-0.05, 0) is 24.8 Å². The Hall–Kier alpha value is -1.77. The minimum Gasteiger partial charge on any atom is -0.300 e. The highest BCUT2D eigenvalue weighted by atomic mass is 16.1. The maximum absolute atomic E-state index is 11.8. The van der Waals surface area contributed by atoms with Gasteiger partial charge >= 0.3 is 0 Å². The number of rotatable bonds is 12. The highest BCUT2D eigenvalue weighted by Crippen LogP contribution is 2.09. The van der Waals surface area contributed by atoms with Gasteiger partial charge in [-0.2, -0.15) is 10.2 Å². The minimum atomic E-state index is 0.388. The van der Waals surface area contributed by atoms with Gasteiger partial charge in [0.05, 0.1) is 6.54 Å². The summed E-state index contributed by atoms with van der Waals surface area (Å²) < 4.78 is 0. The first-order valence-corrected chi connectivity index (χ1v) is 7.86. The molecule has 0 aliphatic carbocycles. The van der Waals surface area contributed by atoms with Crippen molar-refractivity contribution in [3.8, 4) is 0 Å². The van der Waals surface area contributed by atoms with Gasteiger partial charge in [0.2, 0.25) is 0 Å². The van der Waals surface area contributed by atoms with Crippen molar-refractivity contribution in [3.63, 3.8) is 0 Å². The third kappa shape index (κ3) is 9.72. The van der Waals surface area contributed by atoms with E-state index in [1.165, 1.54) is 18.2 Å². The number of benzene rings is 1. The SMILES string of the molecule is C=CN=NCCCCCCCC(=O)CCc1ccccc1. The highest BCUT2D eigenvalue weighted by Gasteiger charge is 2.02. The van der Waals surface area contributed by atoms with Crippen molar-refractivity contribution in [1.82, 2.24) is 0 Å². The second-order valence-corrected chi connectivity index (χ2v) is 5.21. The van der Waals surface area contributed by atoms with E-state index in [2.05, 4.69) is 28.9 Å². The summed E-state index contributed by atoms with van der Waals surface area (Å²) in [5, 5.41) is 7.66. The van der Waals surface area contributed by atoms with Gasteiger partial charge < -0.3 is 0 Å². The number of aryl methyl sites for hydroxylation is 1. The van der Waals surface area contributed by atoms with Crippen molar-refractivity contribution in [1.29, 1.82) is 0 Å². The molecule has 0 aromatic heterocycles. The Balaban J connectivity index is 1.94. The van der Waals surface area contributed by atoms with Crippen LogP contribution in [0.5, 0.6) is 0 Å². The molecule has 0 saturated carbocycles. The van der Waals surface area contributed by atoms with Crippen LogP contribution in [0.25, 0.3) is 0 Å². The van der Waals surface area contributed by atoms with E-state index in [1.807, 2.05) is 18.2 Å². The van der Waals surface area contributed by atoms with Crippen molar-refractivity contribution < 1.29 is 4.79 Å². The normalized spacial score (nSPS) is 10.9. The molecule has 0 fully saturated rings. The second kappa shape index (κ2) is 12.0. The molecule has 21 heavy (non-hydrogen) atoms. The number of hydrogen-bond acceptors (Lipinski definition) is 3. The molecule has 0 N–H and O–H groups in total. The van der Waals surface area contributed by atoms with Gasteiger partial charge in [0, 0.05) is 19.0 Å². The summed E-state index contributed by atoms with van der Waals surface area (Å²) in [4.78, 5) is 11.8. The lowest BCUT2D eigenvalue weighted by atomic mass is 10.0. The van der Waals surface area contributed by atoms with Gasteiger partial charge in [-0.3, -0.25) is 4.79 Å². The lowest BCUT2D eigenvalue weighted by Crippen LogP contribution is -2.00. The minimum absolute atomic E-state index is 0.388. The molecule has 1 rings (SSSR count). The number of unbranched alkanes of at least 4 members (excludes halogenated alkanes) is 4. The third-order valence-corrected chi connectivity index (χ3v) is 3.41. The first-order chi connectivity index (χ1) is 10.3. The predicted octanol–water partition coefficient (Wildman–Crippen LogP) is 5.12. The Morgan fingerprint density at radius 1 is 1.00 bits per heavy atom. The molecule has 0 aliphatic heterocycles. The summed E-state index contributed by atoms with van der Waals surface area (Å²) in [6.45, 7) is 4.26. The van der Waals surface area contributed by atoms with Crippen LogP contribution >= 0.6 is 0 Å². The van der Waals surface area contributed by atoms with Crippen LogP contribution in [0.1, 0.15) is 50.5 Å². The molecule has 0 radical (unpaired) electrons. The van der Waals surface area contributed by atoms with Gasteiger partial charge in [0.1, 0.15) is 5.78 Å². The third-order valence-electron chi connectivity index (χ3n) is 3.41. The van der Waals surface area contributed by atoms with Crippen LogP contribution in [-0.4, -0.2) is 12.3 Å². The number of carbonyl (C=O) groups is 1. The molecular formula is C18H26N2O. The quantitative estimate of drug-likeness (QED) is 0.388. The Morgan fingerprint density at radius 2 is 1.71 bits per heavy atom. The first kappa shape index (κ1) is 17.3. The Bertz CT molecular complexity index is 426. The number of carbonyl (C=O) groups excluding carboxylic acids is 1. The molecule has 0 unspecified atom stereocenters. The zero-order valence-corrected chi connectivity index (χ0v) is 12.8. The van der Waals surface area contributed by atoms with Gasteiger partial charge in [0.25, 0.3) is 0 Å².